The summed E-state index contributed by atoms with van der Waals surface area (Å²) in [4.78, 5) is 10.1. The molecule has 1 rings (SSSR count). The number of hydrogen-bond donors (Lipinski definition) is 1. The minimum absolute atomic E-state index is 0.213. The van der Waals surface area contributed by atoms with Gasteiger partial charge in [0, 0.05) is 5.56 Å². The van der Waals surface area contributed by atoms with Gasteiger partial charge in [0.25, 0.3) is 5.92 Å². The van der Waals surface area contributed by atoms with Crippen molar-refractivity contribution in [3.63, 3.8) is 0 Å². The minimum Gasteiger partial charge on any atom is -0.480 e. The molecule has 0 fully saturated rings. The number of aliphatic carboxylic acids is 1. The lowest BCUT2D eigenvalue weighted by atomic mass is 10.2. The van der Waals surface area contributed by atoms with E-state index < -0.39 is 25.1 Å². The first-order chi connectivity index (χ1) is 7.33. The van der Waals surface area contributed by atoms with E-state index in [4.69, 9.17) is 5.11 Å². The Morgan fingerprint density at radius 1 is 1.56 bits per heavy atom. The molecule has 3 nitrogen and oxygen atoms in total. The summed E-state index contributed by atoms with van der Waals surface area (Å²) in [5.74, 6) is -4.49. The Balaban J connectivity index is 2.69. The average molecular weight is 380 g/mol. The molecule has 0 saturated carbocycles. The standard InChI is InChI=1S/C8H6Br2F2O3S/c9-5-1-4(7(10)16-5)8(11,12)3-15-2-6(13)14/h1H,2-3H2,(H,13,14). The lowest BCUT2D eigenvalue weighted by Crippen LogP contribution is -2.23. The second kappa shape index (κ2) is 5.52. The monoisotopic (exact) mass is 378 g/mol. The Morgan fingerprint density at radius 2 is 2.19 bits per heavy atom. The van der Waals surface area contributed by atoms with E-state index in [9.17, 15) is 13.6 Å². The molecule has 0 aromatic carbocycles. The highest BCUT2D eigenvalue weighted by Gasteiger charge is 2.35. The Labute approximate surface area is 111 Å². The van der Waals surface area contributed by atoms with Crippen molar-refractivity contribution in [3.05, 3.63) is 19.2 Å². The first kappa shape index (κ1) is 14.0. The third kappa shape index (κ3) is 3.76. The van der Waals surface area contributed by atoms with E-state index in [1.54, 1.807) is 0 Å². The van der Waals surface area contributed by atoms with Crippen LogP contribution in [0, 0.1) is 0 Å². The van der Waals surface area contributed by atoms with Crippen LogP contribution in [0.25, 0.3) is 0 Å². The molecular weight excluding hydrogens is 374 g/mol. The predicted molar refractivity (Wildman–Crippen MR) is 62.1 cm³/mol. The molecule has 0 spiro atoms. The fourth-order valence-electron chi connectivity index (χ4n) is 0.934. The molecule has 8 heteroatoms. The smallest absolute Gasteiger partial charge is 0.329 e. The summed E-state index contributed by atoms with van der Waals surface area (Å²) in [6.07, 6.45) is 0. The summed E-state index contributed by atoms with van der Waals surface area (Å²) in [5.41, 5.74) is -0.213. The van der Waals surface area contributed by atoms with Crippen LogP contribution in [-0.2, 0) is 15.5 Å². The second-order valence-corrected chi connectivity index (χ2v) is 6.58. The van der Waals surface area contributed by atoms with Crippen molar-refractivity contribution < 1.29 is 23.4 Å². The van der Waals surface area contributed by atoms with E-state index >= 15 is 0 Å². The molecule has 0 aliphatic heterocycles. The lowest BCUT2D eigenvalue weighted by molar-refractivity contribution is -0.147. The maximum Gasteiger partial charge on any atom is 0.329 e. The molecule has 0 bridgehead atoms. The molecule has 16 heavy (non-hydrogen) atoms. The van der Waals surface area contributed by atoms with E-state index in [0.29, 0.717) is 7.57 Å². The number of rotatable bonds is 5. The molecule has 1 aromatic heterocycles. The topological polar surface area (TPSA) is 46.5 Å². The van der Waals surface area contributed by atoms with Gasteiger partial charge >= 0.3 is 5.97 Å². The van der Waals surface area contributed by atoms with E-state index in [2.05, 4.69) is 36.6 Å². The number of thiophene rings is 1. The van der Waals surface area contributed by atoms with Crippen LogP contribution in [0.5, 0.6) is 0 Å². The van der Waals surface area contributed by atoms with Crippen molar-refractivity contribution in [1.82, 2.24) is 0 Å². The summed E-state index contributed by atoms with van der Waals surface area (Å²) in [6.45, 7) is -1.69. The van der Waals surface area contributed by atoms with Crippen LogP contribution in [0.1, 0.15) is 5.56 Å². The molecule has 1 N–H and O–H groups in total. The maximum atomic E-state index is 13.5. The van der Waals surface area contributed by atoms with Gasteiger partial charge in [-0.2, -0.15) is 8.78 Å². The van der Waals surface area contributed by atoms with Gasteiger partial charge < -0.3 is 9.84 Å². The Hall–Kier alpha value is -0.0500. The Morgan fingerprint density at radius 3 is 2.62 bits per heavy atom. The first-order valence-electron chi connectivity index (χ1n) is 3.95. The van der Waals surface area contributed by atoms with Crippen molar-refractivity contribution in [2.45, 2.75) is 5.92 Å². The highest BCUT2D eigenvalue weighted by atomic mass is 79.9. The molecule has 0 unspecified atom stereocenters. The van der Waals surface area contributed by atoms with Gasteiger partial charge in [-0.25, -0.2) is 4.79 Å². The van der Waals surface area contributed by atoms with E-state index in [0.717, 1.165) is 11.3 Å². The quantitative estimate of drug-likeness (QED) is 0.852. The van der Waals surface area contributed by atoms with Crippen LogP contribution in [-0.4, -0.2) is 24.3 Å². The third-order valence-electron chi connectivity index (χ3n) is 1.56. The van der Waals surface area contributed by atoms with E-state index in [1.165, 1.54) is 6.07 Å². The molecule has 0 aliphatic carbocycles. The summed E-state index contributed by atoms with van der Waals surface area (Å²) in [5, 5.41) is 8.25. The number of carboxylic acids is 1. The normalized spacial score (nSPS) is 11.8. The predicted octanol–water partition coefficient (Wildman–Crippen LogP) is 3.47. The number of ether oxygens (including phenoxy) is 1. The van der Waals surface area contributed by atoms with Crippen LogP contribution >= 0.6 is 43.2 Å². The number of carboxylic acid groups (broad SMARTS) is 1. The van der Waals surface area contributed by atoms with Crippen LogP contribution in [0.15, 0.2) is 13.6 Å². The van der Waals surface area contributed by atoms with Crippen molar-refractivity contribution >= 4 is 49.2 Å². The van der Waals surface area contributed by atoms with E-state index in [-0.39, 0.29) is 5.56 Å². The van der Waals surface area contributed by atoms with Crippen molar-refractivity contribution in [2.24, 2.45) is 0 Å². The molecule has 0 radical (unpaired) electrons. The zero-order chi connectivity index (χ0) is 12.3. The van der Waals surface area contributed by atoms with Gasteiger partial charge in [0.1, 0.15) is 13.2 Å². The van der Waals surface area contributed by atoms with Crippen LogP contribution in [0.4, 0.5) is 8.78 Å². The average Bonchev–Trinajstić information content (AvgIpc) is 2.44. The molecule has 1 heterocycles. The van der Waals surface area contributed by atoms with Gasteiger partial charge in [-0.15, -0.1) is 11.3 Å². The van der Waals surface area contributed by atoms with E-state index in [1.807, 2.05) is 0 Å². The number of halogens is 4. The molecule has 0 aliphatic rings. The molecule has 90 valence electrons. The zero-order valence-electron chi connectivity index (χ0n) is 7.68. The third-order valence-corrected chi connectivity index (χ3v) is 3.90. The molecule has 0 saturated heterocycles. The first-order valence-corrected chi connectivity index (χ1v) is 6.36. The van der Waals surface area contributed by atoms with Crippen LogP contribution < -0.4 is 0 Å². The van der Waals surface area contributed by atoms with Crippen molar-refractivity contribution in [3.8, 4) is 0 Å². The Bertz CT molecular complexity index is 395. The lowest BCUT2D eigenvalue weighted by Gasteiger charge is -2.15. The molecule has 1 aromatic rings. The summed E-state index contributed by atoms with van der Waals surface area (Å²) in [6, 6.07) is 1.28. The fraction of sp³-hybridized carbons (Fsp3) is 0.375. The van der Waals surface area contributed by atoms with Gasteiger partial charge in [-0.05, 0) is 37.9 Å². The number of hydrogen-bond acceptors (Lipinski definition) is 3. The second-order valence-electron chi connectivity index (χ2n) is 2.83. The fourth-order valence-corrected chi connectivity index (χ4v) is 3.89. The number of carbonyl (C=O) groups is 1. The molecule has 0 atom stereocenters. The zero-order valence-corrected chi connectivity index (χ0v) is 11.7. The van der Waals surface area contributed by atoms with Crippen molar-refractivity contribution in [1.29, 1.82) is 0 Å². The van der Waals surface area contributed by atoms with Gasteiger partial charge in [-0.3, -0.25) is 0 Å². The summed E-state index contributed by atoms with van der Waals surface area (Å²) < 4.78 is 32.3. The Kier molecular flexibility index (Phi) is 4.84. The minimum atomic E-state index is -3.21. The van der Waals surface area contributed by atoms with Gasteiger partial charge in [-0.1, -0.05) is 0 Å². The number of alkyl halides is 2. The SMILES string of the molecule is O=C(O)COCC(F)(F)c1cc(Br)sc1Br. The summed E-state index contributed by atoms with van der Waals surface area (Å²) in [7, 11) is 0. The van der Waals surface area contributed by atoms with Gasteiger partial charge in [0.05, 0.1) is 7.57 Å². The molecular formula is C8H6Br2F2O3S. The maximum absolute atomic E-state index is 13.5. The van der Waals surface area contributed by atoms with Crippen LogP contribution in [0.3, 0.4) is 0 Å². The highest BCUT2D eigenvalue weighted by Crippen LogP contribution is 2.41. The van der Waals surface area contributed by atoms with Crippen molar-refractivity contribution in [2.75, 3.05) is 13.2 Å². The highest BCUT2D eigenvalue weighted by molar-refractivity contribution is 9.12. The molecule has 0 amide bonds. The van der Waals surface area contributed by atoms with Gasteiger partial charge in [0.15, 0.2) is 0 Å². The largest absolute Gasteiger partial charge is 0.480 e. The van der Waals surface area contributed by atoms with Gasteiger partial charge in [0.2, 0.25) is 0 Å². The van der Waals surface area contributed by atoms with Crippen LogP contribution in [0.2, 0.25) is 0 Å². The summed E-state index contributed by atoms with van der Waals surface area (Å²) >= 11 is 7.21.